The van der Waals surface area contributed by atoms with E-state index in [1.807, 2.05) is 6.08 Å². The highest BCUT2D eigenvalue weighted by Crippen LogP contribution is 2.54. The van der Waals surface area contributed by atoms with Crippen LogP contribution in [-0.2, 0) is 0 Å². The van der Waals surface area contributed by atoms with E-state index in [4.69, 9.17) is 5.41 Å². The van der Waals surface area contributed by atoms with Crippen molar-refractivity contribution in [3.05, 3.63) is 88.6 Å². The lowest BCUT2D eigenvalue weighted by molar-refractivity contribution is 0.0844. The van der Waals surface area contributed by atoms with Crippen LogP contribution in [-0.4, -0.2) is 12.0 Å². The monoisotopic (exact) mass is 392 g/mol. The molecule has 0 amide bonds. The van der Waals surface area contributed by atoms with E-state index in [-0.39, 0.29) is 28.8 Å². The van der Waals surface area contributed by atoms with Gasteiger partial charge in [-0.05, 0) is 79.4 Å². The molecule has 0 radical (unpaired) electrons. The Kier molecular flexibility index (Phi) is 4.91. The molecule has 2 aliphatic carbocycles. The molecule has 0 unspecified atom stereocenters. The van der Waals surface area contributed by atoms with Gasteiger partial charge in [0, 0.05) is 34.5 Å². The maximum atomic E-state index is 13.2. The summed E-state index contributed by atoms with van der Waals surface area (Å²) < 4.78 is 26.4. The second-order valence-corrected chi connectivity index (χ2v) is 7.94. The van der Waals surface area contributed by atoms with E-state index in [0.29, 0.717) is 12.0 Å². The van der Waals surface area contributed by atoms with Gasteiger partial charge in [-0.3, -0.25) is 4.79 Å². The number of rotatable bonds is 5. The van der Waals surface area contributed by atoms with Crippen molar-refractivity contribution in [2.45, 2.75) is 26.2 Å². The second kappa shape index (κ2) is 7.39. The molecule has 2 aliphatic rings. The normalized spacial score (nSPS) is 23.4. The number of carbonyl (C=O) groups excluding carboxylic acids is 1. The summed E-state index contributed by atoms with van der Waals surface area (Å²) in [5.41, 5.74) is 3.70. The van der Waals surface area contributed by atoms with Gasteiger partial charge in [-0.2, -0.15) is 0 Å². The summed E-state index contributed by atoms with van der Waals surface area (Å²) in [6, 6.07) is 11.8. The molecule has 2 N–H and O–H groups in total. The van der Waals surface area contributed by atoms with E-state index in [2.05, 4.69) is 12.2 Å². The van der Waals surface area contributed by atoms with Gasteiger partial charge >= 0.3 is 0 Å². The van der Waals surface area contributed by atoms with Gasteiger partial charge in [-0.15, -0.1) is 0 Å². The highest BCUT2D eigenvalue weighted by atomic mass is 19.1. The van der Waals surface area contributed by atoms with Crippen molar-refractivity contribution in [2.24, 2.45) is 11.3 Å². The molecular formula is C24H22F2N2O. The zero-order valence-electron chi connectivity index (χ0n) is 16.1. The van der Waals surface area contributed by atoms with Gasteiger partial charge in [0.2, 0.25) is 0 Å². The molecule has 5 heteroatoms. The van der Waals surface area contributed by atoms with Crippen molar-refractivity contribution in [2.75, 3.05) is 5.32 Å². The zero-order valence-corrected chi connectivity index (χ0v) is 16.1. The van der Waals surface area contributed by atoms with E-state index in [9.17, 15) is 13.6 Å². The Morgan fingerprint density at radius 1 is 1.10 bits per heavy atom. The number of Topliss-reactive ketones (excluding diaryl/α,β-unsaturated/α-hetero) is 1. The number of halogens is 2. The summed E-state index contributed by atoms with van der Waals surface area (Å²) in [7, 11) is 0. The number of benzene rings is 2. The first kappa shape index (κ1) is 19.2. The Labute approximate surface area is 168 Å². The fourth-order valence-electron chi connectivity index (χ4n) is 4.53. The van der Waals surface area contributed by atoms with E-state index in [1.165, 1.54) is 36.1 Å². The molecule has 29 heavy (non-hydrogen) atoms. The van der Waals surface area contributed by atoms with E-state index in [1.54, 1.807) is 24.3 Å². The van der Waals surface area contributed by atoms with Crippen LogP contribution in [0.4, 0.5) is 14.5 Å². The number of hydrogen-bond donors (Lipinski definition) is 2. The van der Waals surface area contributed by atoms with Crippen molar-refractivity contribution in [3.8, 4) is 0 Å². The lowest BCUT2D eigenvalue weighted by Crippen LogP contribution is -2.33. The smallest absolute Gasteiger partial charge is 0.166 e. The van der Waals surface area contributed by atoms with Gasteiger partial charge in [-0.1, -0.05) is 12.5 Å². The predicted molar refractivity (Wildman–Crippen MR) is 110 cm³/mol. The highest BCUT2D eigenvalue weighted by molar-refractivity contribution is 5.99. The van der Waals surface area contributed by atoms with Crippen LogP contribution in [0.3, 0.4) is 0 Å². The molecule has 148 valence electrons. The maximum Gasteiger partial charge on any atom is 0.166 e. The third-order valence-electron chi connectivity index (χ3n) is 6.17. The van der Waals surface area contributed by atoms with Crippen LogP contribution < -0.4 is 5.32 Å². The molecular weight excluding hydrogens is 370 g/mol. The first-order valence-electron chi connectivity index (χ1n) is 9.68. The number of anilines is 1. The quantitative estimate of drug-likeness (QED) is 0.491. The summed E-state index contributed by atoms with van der Waals surface area (Å²) in [5.74, 6) is -0.844. The average molecular weight is 392 g/mol. The Bertz CT molecular complexity index is 1020. The molecule has 4 rings (SSSR count). The van der Waals surface area contributed by atoms with Gasteiger partial charge in [0.1, 0.15) is 11.6 Å². The Balaban J connectivity index is 1.62. The Morgan fingerprint density at radius 3 is 2.34 bits per heavy atom. The third-order valence-corrected chi connectivity index (χ3v) is 6.17. The van der Waals surface area contributed by atoms with Crippen molar-refractivity contribution >= 4 is 17.7 Å². The SMILES string of the molecule is C[C@]12CC(C=N)=C(Nc3ccc(F)cc3)C=C1CC[C@@H]2C(=O)c1ccc(F)cc1. The number of nitrogens with one attached hydrogen (secondary N) is 2. The maximum absolute atomic E-state index is 13.2. The van der Waals surface area contributed by atoms with Crippen LogP contribution >= 0.6 is 0 Å². The van der Waals surface area contributed by atoms with Gasteiger partial charge < -0.3 is 10.7 Å². The molecule has 0 heterocycles. The molecule has 0 aliphatic heterocycles. The molecule has 0 saturated heterocycles. The first-order valence-corrected chi connectivity index (χ1v) is 9.68. The molecule has 0 spiro atoms. The fraction of sp³-hybridized carbons (Fsp3) is 0.250. The standard InChI is InChI=1S/C24H22F2N2O/c1-24-13-16(14-27)22(28-20-9-7-19(26)8-10-20)12-17(24)4-11-21(24)23(29)15-2-5-18(25)6-3-15/h2-3,5-10,12,14,21,27-28H,4,11,13H2,1H3/t21-,24+/m1/s1. The lowest BCUT2D eigenvalue weighted by Gasteiger charge is -2.36. The molecule has 1 fully saturated rings. The van der Waals surface area contributed by atoms with Crippen LogP contribution in [0.1, 0.15) is 36.5 Å². The van der Waals surface area contributed by atoms with Crippen molar-refractivity contribution in [1.29, 1.82) is 5.41 Å². The van der Waals surface area contributed by atoms with Crippen LogP contribution in [0.25, 0.3) is 0 Å². The van der Waals surface area contributed by atoms with E-state index >= 15 is 0 Å². The summed E-state index contributed by atoms with van der Waals surface area (Å²) in [6.45, 7) is 2.08. The first-order chi connectivity index (χ1) is 13.9. The fourth-order valence-corrected chi connectivity index (χ4v) is 4.53. The van der Waals surface area contributed by atoms with Gasteiger partial charge in [0.15, 0.2) is 5.78 Å². The minimum absolute atomic E-state index is 0.0233. The van der Waals surface area contributed by atoms with Gasteiger partial charge in [0.25, 0.3) is 0 Å². The topological polar surface area (TPSA) is 53.0 Å². The Hall–Kier alpha value is -3.08. The molecule has 0 bridgehead atoms. The number of ketones is 1. The second-order valence-electron chi connectivity index (χ2n) is 7.94. The molecule has 2 aromatic carbocycles. The summed E-state index contributed by atoms with van der Waals surface area (Å²) in [5, 5.41) is 11.2. The van der Waals surface area contributed by atoms with Crippen LogP contribution in [0, 0.1) is 28.4 Å². The summed E-state index contributed by atoms with van der Waals surface area (Å²) >= 11 is 0. The largest absolute Gasteiger partial charge is 0.355 e. The summed E-state index contributed by atoms with van der Waals surface area (Å²) in [6.07, 6.45) is 5.46. The molecule has 1 saturated carbocycles. The molecule has 2 atom stereocenters. The van der Waals surface area contributed by atoms with Crippen LogP contribution in [0.5, 0.6) is 0 Å². The van der Waals surface area contributed by atoms with Crippen molar-refractivity contribution < 1.29 is 13.6 Å². The van der Waals surface area contributed by atoms with Gasteiger partial charge in [-0.25, -0.2) is 8.78 Å². The van der Waals surface area contributed by atoms with E-state index < -0.39 is 0 Å². The minimum Gasteiger partial charge on any atom is -0.355 e. The Morgan fingerprint density at radius 2 is 1.72 bits per heavy atom. The average Bonchev–Trinajstić information content (AvgIpc) is 3.05. The number of fused-ring (bicyclic) bond motifs is 1. The third kappa shape index (κ3) is 3.53. The highest BCUT2D eigenvalue weighted by Gasteiger charge is 2.48. The lowest BCUT2D eigenvalue weighted by atomic mass is 9.67. The zero-order chi connectivity index (χ0) is 20.6. The van der Waals surface area contributed by atoms with Crippen molar-refractivity contribution in [3.63, 3.8) is 0 Å². The van der Waals surface area contributed by atoms with Gasteiger partial charge in [0.05, 0.1) is 0 Å². The minimum atomic E-state index is -0.369. The molecule has 2 aromatic rings. The number of allylic oxidation sites excluding steroid dienone is 3. The van der Waals surface area contributed by atoms with Crippen molar-refractivity contribution in [1.82, 2.24) is 0 Å². The number of hydrogen-bond acceptors (Lipinski definition) is 3. The number of carbonyl (C=O) groups is 1. The van der Waals surface area contributed by atoms with Crippen LogP contribution in [0.2, 0.25) is 0 Å². The predicted octanol–water partition coefficient (Wildman–Crippen LogP) is 5.91. The molecule has 0 aromatic heterocycles. The van der Waals surface area contributed by atoms with Crippen LogP contribution in [0.15, 0.2) is 71.5 Å². The van der Waals surface area contributed by atoms with E-state index in [0.717, 1.165) is 29.8 Å². The molecule has 3 nitrogen and oxygen atoms in total. The summed E-state index contributed by atoms with van der Waals surface area (Å²) in [4.78, 5) is 13.1.